The van der Waals surface area contributed by atoms with Crippen LogP contribution in [0.3, 0.4) is 0 Å². The van der Waals surface area contributed by atoms with Crippen LogP contribution in [0.2, 0.25) is 0 Å². The Bertz CT molecular complexity index is 2020. The van der Waals surface area contributed by atoms with Gasteiger partial charge in [0.2, 0.25) is 12.3 Å². The molecule has 0 spiro atoms. The third-order valence-corrected chi connectivity index (χ3v) is 9.63. The number of carbonyl (C=O) groups excluding carboxylic acids is 4. The molecule has 3 unspecified atom stereocenters. The lowest BCUT2D eigenvalue weighted by molar-refractivity contribution is -0.137. The summed E-state index contributed by atoms with van der Waals surface area (Å²) in [5.74, 6) is -0.964. The van der Waals surface area contributed by atoms with Crippen LogP contribution in [0.1, 0.15) is 48.1 Å². The maximum atomic E-state index is 15.4. The predicted octanol–water partition coefficient (Wildman–Crippen LogP) is 5.48. The molecule has 2 aromatic heterocycles. The van der Waals surface area contributed by atoms with Crippen LogP contribution in [0, 0.1) is 11.7 Å². The van der Waals surface area contributed by atoms with E-state index in [9.17, 15) is 32.3 Å². The molecule has 13 nitrogen and oxygen atoms in total. The monoisotopic (exact) mass is 750 g/mol. The summed E-state index contributed by atoms with van der Waals surface area (Å²) in [6.45, 7) is 5.69. The van der Waals surface area contributed by atoms with Crippen molar-refractivity contribution in [2.24, 2.45) is 5.92 Å². The zero-order valence-electron chi connectivity index (χ0n) is 29.6. The van der Waals surface area contributed by atoms with Crippen LogP contribution in [0.25, 0.3) is 22.4 Å². The van der Waals surface area contributed by atoms with Crippen molar-refractivity contribution in [1.82, 2.24) is 30.1 Å². The molecule has 0 bridgehead atoms. The van der Waals surface area contributed by atoms with Crippen LogP contribution in [0.4, 0.5) is 33.9 Å². The maximum Gasteiger partial charge on any atom is 0.417 e. The molecule has 54 heavy (non-hydrogen) atoms. The fourth-order valence-electron chi connectivity index (χ4n) is 6.76. The van der Waals surface area contributed by atoms with Crippen LogP contribution in [-0.4, -0.2) is 94.9 Å². The average Bonchev–Trinajstić information content (AvgIpc) is 3.81. The van der Waals surface area contributed by atoms with E-state index in [1.807, 2.05) is 18.7 Å². The second-order valence-electron chi connectivity index (χ2n) is 13.4. The first kappa shape index (κ1) is 37.7. The number of anilines is 2. The van der Waals surface area contributed by atoms with Gasteiger partial charge in [-0.2, -0.15) is 13.2 Å². The molecule has 3 atom stereocenters. The lowest BCUT2D eigenvalue weighted by atomic mass is 9.96. The van der Waals surface area contributed by atoms with Crippen molar-refractivity contribution in [2.45, 2.75) is 38.5 Å². The number of piperazine rings is 1. The van der Waals surface area contributed by atoms with E-state index in [0.29, 0.717) is 61.6 Å². The molecular formula is C37H38F4N8O5. The highest BCUT2D eigenvalue weighted by molar-refractivity contribution is 6.04. The first-order valence-electron chi connectivity index (χ1n) is 17.2. The number of rotatable bonds is 9. The summed E-state index contributed by atoms with van der Waals surface area (Å²) in [5.41, 5.74) is -0.960. The molecule has 2 aromatic carbocycles. The third-order valence-electron chi connectivity index (χ3n) is 9.63. The largest absolute Gasteiger partial charge is 0.453 e. The van der Waals surface area contributed by atoms with Gasteiger partial charge in [-0.1, -0.05) is 31.2 Å². The van der Waals surface area contributed by atoms with Gasteiger partial charge < -0.3 is 35.1 Å². The summed E-state index contributed by atoms with van der Waals surface area (Å²) in [4.78, 5) is 65.7. The molecule has 2 aliphatic rings. The number of alkyl halides is 3. The number of aromatic nitrogens is 3. The van der Waals surface area contributed by atoms with E-state index in [2.05, 4.69) is 30.3 Å². The Morgan fingerprint density at radius 2 is 1.74 bits per heavy atom. The Kier molecular flexibility index (Phi) is 10.9. The molecule has 4 heterocycles. The maximum absolute atomic E-state index is 15.4. The first-order valence-corrected chi connectivity index (χ1v) is 17.2. The molecule has 2 saturated heterocycles. The predicted molar refractivity (Wildman–Crippen MR) is 190 cm³/mol. The summed E-state index contributed by atoms with van der Waals surface area (Å²) in [7, 11) is 1.20. The number of nitrogens with one attached hydrogen (secondary N) is 3. The number of benzene rings is 2. The summed E-state index contributed by atoms with van der Waals surface area (Å²) in [6, 6.07) is 9.92. The summed E-state index contributed by atoms with van der Waals surface area (Å²) >= 11 is 0. The van der Waals surface area contributed by atoms with Crippen molar-refractivity contribution in [1.29, 1.82) is 0 Å². The minimum atomic E-state index is -4.89. The SMILES string of the molecule is COC(=O)NCC(=O)N1CC(C)CC1c1ncc(-c2ccc(-c3cc(F)c(NC(=O)c4ccc(N5CCN(C=O)C(C)C5)nc4)cc3C(F)(F)F)cc2)[nH]1. The standard InChI is InChI=1S/C37H38F4N8O5/c1-21-12-31(49(18-21)33(51)17-44-36(53)54-3)34-43-16-30(45-34)24-6-4-23(5-7-24)26-13-28(38)29(14-27(26)37(39,40)41)46-35(52)25-8-9-32(42-15-25)47-10-11-48(20-50)22(2)19-47/h4-9,13-16,20-22,31H,10-12,17-19H2,1-3H3,(H,43,45)(H,44,53)(H,46,52). The Morgan fingerprint density at radius 1 is 1.00 bits per heavy atom. The fraction of sp³-hybridized carbons (Fsp3) is 0.351. The van der Waals surface area contributed by atoms with Crippen LogP contribution < -0.4 is 15.5 Å². The quantitative estimate of drug-likeness (QED) is 0.150. The highest BCUT2D eigenvalue weighted by atomic mass is 19.4. The summed E-state index contributed by atoms with van der Waals surface area (Å²) < 4.78 is 63.1. The van der Waals surface area contributed by atoms with Gasteiger partial charge in [-0.15, -0.1) is 0 Å². The van der Waals surface area contributed by atoms with Gasteiger partial charge in [0.05, 0.1) is 41.9 Å². The Hall–Kier alpha value is -6.00. The van der Waals surface area contributed by atoms with E-state index in [1.54, 1.807) is 34.2 Å². The number of halogens is 4. The van der Waals surface area contributed by atoms with Gasteiger partial charge in [0.25, 0.3) is 5.91 Å². The third kappa shape index (κ3) is 8.14. The van der Waals surface area contributed by atoms with Gasteiger partial charge in [-0.05, 0) is 60.2 Å². The minimum Gasteiger partial charge on any atom is -0.453 e. The molecule has 2 fully saturated rings. The smallest absolute Gasteiger partial charge is 0.417 e. The number of likely N-dealkylation sites (tertiary alicyclic amines) is 1. The number of alkyl carbamates (subject to hydrolysis) is 1. The lowest BCUT2D eigenvalue weighted by Gasteiger charge is -2.38. The van der Waals surface area contributed by atoms with E-state index in [4.69, 9.17) is 0 Å². The molecule has 0 radical (unpaired) electrons. The molecule has 17 heteroatoms. The Labute approximate surface area is 307 Å². The second kappa shape index (κ2) is 15.5. The highest BCUT2D eigenvalue weighted by Crippen LogP contribution is 2.41. The van der Waals surface area contributed by atoms with Crippen LogP contribution >= 0.6 is 0 Å². The van der Waals surface area contributed by atoms with Crippen molar-refractivity contribution in [2.75, 3.05) is 50.1 Å². The van der Waals surface area contributed by atoms with Crippen LogP contribution in [-0.2, 0) is 20.5 Å². The highest BCUT2D eigenvalue weighted by Gasteiger charge is 2.37. The zero-order valence-corrected chi connectivity index (χ0v) is 29.6. The summed E-state index contributed by atoms with van der Waals surface area (Å²) in [6.07, 6.45) is -1.37. The number of nitrogens with zero attached hydrogens (tertiary/aromatic N) is 5. The number of H-pyrrole nitrogens is 1. The number of pyridine rings is 1. The molecule has 4 amide bonds. The number of hydrogen-bond donors (Lipinski definition) is 3. The Balaban J connectivity index is 1.17. The molecule has 3 N–H and O–H groups in total. The summed E-state index contributed by atoms with van der Waals surface area (Å²) in [5, 5.41) is 4.64. The molecule has 6 rings (SSSR count). The Morgan fingerprint density at radius 3 is 2.39 bits per heavy atom. The lowest BCUT2D eigenvalue weighted by Crippen LogP contribution is -2.51. The van der Waals surface area contributed by atoms with E-state index < -0.39 is 40.8 Å². The molecule has 4 aromatic rings. The van der Waals surface area contributed by atoms with Gasteiger partial charge in [-0.25, -0.2) is 19.2 Å². The number of amides is 4. The van der Waals surface area contributed by atoms with E-state index >= 15 is 4.39 Å². The van der Waals surface area contributed by atoms with E-state index in [0.717, 1.165) is 12.5 Å². The number of methoxy groups -OCH3 is 1. The number of carbonyl (C=O) groups is 4. The topological polar surface area (TPSA) is 153 Å². The number of ether oxygens (including phenoxy) is 1. The minimum absolute atomic E-state index is 0.0187. The van der Waals surface area contributed by atoms with Crippen LogP contribution in [0.5, 0.6) is 0 Å². The molecule has 0 saturated carbocycles. The van der Waals surface area contributed by atoms with Gasteiger partial charge in [0.15, 0.2) is 0 Å². The number of hydrogen-bond acceptors (Lipinski definition) is 8. The fourth-order valence-corrected chi connectivity index (χ4v) is 6.76. The van der Waals surface area contributed by atoms with Crippen molar-refractivity contribution in [3.63, 3.8) is 0 Å². The van der Waals surface area contributed by atoms with Gasteiger partial charge in [-0.3, -0.25) is 14.4 Å². The van der Waals surface area contributed by atoms with Crippen molar-refractivity contribution in [3.05, 3.63) is 83.7 Å². The van der Waals surface area contributed by atoms with Gasteiger partial charge in [0, 0.05) is 38.4 Å². The van der Waals surface area contributed by atoms with Gasteiger partial charge >= 0.3 is 12.3 Å². The zero-order chi connectivity index (χ0) is 38.7. The first-order chi connectivity index (χ1) is 25.7. The second-order valence-corrected chi connectivity index (χ2v) is 13.4. The van der Waals surface area contributed by atoms with E-state index in [-0.39, 0.29) is 41.6 Å². The molecular weight excluding hydrogens is 712 g/mol. The molecule has 284 valence electrons. The van der Waals surface area contributed by atoms with Crippen molar-refractivity contribution >= 4 is 35.8 Å². The molecule has 2 aliphatic heterocycles. The normalized spacial score (nSPS) is 18.7. The molecule has 0 aliphatic carbocycles. The van der Waals surface area contributed by atoms with Crippen LogP contribution in [0.15, 0.2) is 60.9 Å². The van der Waals surface area contributed by atoms with Crippen molar-refractivity contribution < 1.29 is 41.5 Å². The number of imidazole rings is 1. The van der Waals surface area contributed by atoms with Crippen molar-refractivity contribution in [3.8, 4) is 22.4 Å². The van der Waals surface area contributed by atoms with E-state index in [1.165, 1.54) is 31.5 Å². The number of aromatic amines is 1. The average molecular weight is 751 g/mol. The van der Waals surface area contributed by atoms with Gasteiger partial charge in [0.1, 0.15) is 24.0 Å².